The van der Waals surface area contributed by atoms with Crippen molar-refractivity contribution >= 4 is 11.9 Å². The Hall–Kier alpha value is -2.63. The number of hydrogen-bond donors (Lipinski definition) is 1. The fourth-order valence-corrected chi connectivity index (χ4v) is 2.34. The van der Waals surface area contributed by atoms with E-state index < -0.39 is 5.97 Å². The number of carbonyl (C=O) groups excluding carboxylic acids is 1. The average molecular weight is 330 g/mol. The Balaban J connectivity index is 1.98. The molecule has 1 N–H and O–H groups in total. The Labute approximate surface area is 141 Å². The minimum atomic E-state index is -1.02. The van der Waals surface area contributed by atoms with Crippen molar-refractivity contribution < 1.29 is 19.1 Å². The van der Waals surface area contributed by atoms with Crippen LogP contribution in [0.2, 0.25) is 0 Å². The van der Waals surface area contributed by atoms with Crippen molar-refractivity contribution in [1.29, 1.82) is 0 Å². The molecule has 1 heterocycles. The van der Waals surface area contributed by atoms with E-state index in [-0.39, 0.29) is 24.9 Å². The van der Waals surface area contributed by atoms with Gasteiger partial charge in [-0.25, -0.2) is 4.98 Å². The number of carbonyl (C=O) groups is 2. The minimum absolute atomic E-state index is 0.165. The van der Waals surface area contributed by atoms with E-state index in [1.54, 1.807) is 20.0 Å². The molecule has 0 unspecified atom stereocenters. The summed E-state index contributed by atoms with van der Waals surface area (Å²) in [6.07, 6.45) is 2.15. The number of carboxylic acids is 1. The lowest BCUT2D eigenvalue weighted by Crippen LogP contribution is -2.40. The summed E-state index contributed by atoms with van der Waals surface area (Å²) < 4.78 is 5.68. The van der Waals surface area contributed by atoms with Gasteiger partial charge in [-0.1, -0.05) is 29.8 Å². The summed E-state index contributed by atoms with van der Waals surface area (Å²) in [5.41, 5.74) is 2.09. The second-order valence-corrected chi connectivity index (χ2v) is 5.99. The van der Waals surface area contributed by atoms with Crippen molar-refractivity contribution in [3.05, 3.63) is 41.9 Å². The van der Waals surface area contributed by atoms with Crippen molar-refractivity contribution in [1.82, 2.24) is 9.88 Å². The average Bonchev–Trinajstić information content (AvgIpc) is 2.99. The van der Waals surface area contributed by atoms with Gasteiger partial charge < -0.3 is 14.4 Å². The molecule has 0 saturated heterocycles. The summed E-state index contributed by atoms with van der Waals surface area (Å²) in [6.45, 7) is 5.30. The summed E-state index contributed by atoms with van der Waals surface area (Å²) in [4.78, 5) is 28.6. The van der Waals surface area contributed by atoms with E-state index in [9.17, 15) is 9.59 Å². The number of oxazole rings is 1. The molecule has 0 aliphatic heterocycles. The normalized spacial score (nSPS) is 10.8. The number of amides is 1. The summed E-state index contributed by atoms with van der Waals surface area (Å²) in [5, 5.41) is 8.89. The summed E-state index contributed by atoms with van der Waals surface area (Å²) in [6, 6.07) is 7.73. The van der Waals surface area contributed by atoms with Crippen molar-refractivity contribution in [2.24, 2.45) is 0 Å². The van der Waals surface area contributed by atoms with Crippen molar-refractivity contribution in [3.63, 3.8) is 0 Å². The molecule has 0 aliphatic rings. The first-order chi connectivity index (χ1) is 11.4. The quantitative estimate of drug-likeness (QED) is 0.844. The van der Waals surface area contributed by atoms with E-state index in [2.05, 4.69) is 4.98 Å². The van der Waals surface area contributed by atoms with Crippen LogP contribution in [-0.4, -0.2) is 39.5 Å². The molecular weight excluding hydrogens is 308 g/mol. The Morgan fingerprint density at radius 3 is 2.50 bits per heavy atom. The summed E-state index contributed by atoms with van der Waals surface area (Å²) in [5.74, 6) is -0.112. The Morgan fingerprint density at radius 2 is 1.92 bits per heavy atom. The third kappa shape index (κ3) is 4.68. The molecule has 0 fully saturated rings. The first-order valence-electron chi connectivity index (χ1n) is 7.90. The summed E-state index contributed by atoms with van der Waals surface area (Å²) in [7, 11) is 0. The van der Waals surface area contributed by atoms with Crippen LogP contribution in [0.3, 0.4) is 0 Å². The molecule has 0 spiro atoms. The zero-order valence-corrected chi connectivity index (χ0v) is 14.2. The Morgan fingerprint density at radius 1 is 1.25 bits per heavy atom. The van der Waals surface area contributed by atoms with E-state index in [4.69, 9.17) is 9.52 Å². The number of nitrogens with zero attached hydrogens (tertiary/aromatic N) is 2. The predicted molar refractivity (Wildman–Crippen MR) is 89.5 cm³/mol. The molecule has 0 bridgehead atoms. The smallest absolute Gasteiger partial charge is 0.323 e. The standard InChI is InChI=1S/C18H22N2O4/c1-12(2)20(11-18(22)23)17(21)9-8-16-19-10-15(24-16)14-6-4-13(3)5-7-14/h4-7,10,12H,8-9,11H2,1-3H3,(H,22,23). The van der Waals surface area contributed by atoms with Crippen LogP contribution in [0.5, 0.6) is 0 Å². The van der Waals surface area contributed by atoms with Crippen LogP contribution in [0.4, 0.5) is 0 Å². The molecule has 6 heteroatoms. The Kier molecular flexibility index (Phi) is 5.73. The monoisotopic (exact) mass is 330 g/mol. The maximum absolute atomic E-state index is 12.2. The molecule has 1 amide bonds. The van der Waals surface area contributed by atoms with Gasteiger partial charge in [0.15, 0.2) is 11.7 Å². The number of aliphatic carboxylic acids is 1. The highest BCUT2D eigenvalue weighted by Crippen LogP contribution is 2.21. The fourth-order valence-electron chi connectivity index (χ4n) is 2.34. The van der Waals surface area contributed by atoms with Crippen molar-refractivity contribution in [3.8, 4) is 11.3 Å². The molecule has 0 aliphatic carbocycles. The molecule has 24 heavy (non-hydrogen) atoms. The van der Waals surface area contributed by atoms with Gasteiger partial charge in [0, 0.05) is 24.4 Å². The summed E-state index contributed by atoms with van der Waals surface area (Å²) >= 11 is 0. The lowest BCUT2D eigenvalue weighted by Gasteiger charge is -2.24. The molecular formula is C18H22N2O4. The molecule has 1 aromatic carbocycles. The van der Waals surface area contributed by atoms with Gasteiger partial charge >= 0.3 is 5.97 Å². The first-order valence-corrected chi connectivity index (χ1v) is 7.90. The van der Waals surface area contributed by atoms with Crippen molar-refractivity contribution in [2.45, 2.75) is 39.7 Å². The zero-order valence-electron chi connectivity index (χ0n) is 14.2. The SMILES string of the molecule is Cc1ccc(-c2cnc(CCC(=O)N(CC(=O)O)C(C)C)o2)cc1. The van der Waals surface area contributed by atoms with E-state index in [0.717, 1.165) is 11.1 Å². The zero-order chi connectivity index (χ0) is 17.7. The lowest BCUT2D eigenvalue weighted by molar-refractivity contribution is -0.145. The highest BCUT2D eigenvalue weighted by Gasteiger charge is 2.20. The van der Waals surface area contributed by atoms with Gasteiger partial charge in [0.05, 0.1) is 6.20 Å². The number of hydrogen-bond acceptors (Lipinski definition) is 4. The van der Waals surface area contributed by atoms with Crippen LogP contribution < -0.4 is 0 Å². The lowest BCUT2D eigenvalue weighted by atomic mass is 10.1. The topological polar surface area (TPSA) is 83.6 Å². The molecule has 0 radical (unpaired) electrons. The van der Waals surface area contributed by atoms with Gasteiger partial charge in [0.2, 0.25) is 5.91 Å². The molecule has 0 atom stereocenters. The van der Waals surface area contributed by atoms with Crippen LogP contribution in [0.1, 0.15) is 31.7 Å². The van der Waals surface area contributed by atoms with Crippen LogP contribution in [0.25, 0.3) is 11.3 Å². The molecule has 0 saturated carbocycles. The van der Waals surface area contributed by atoms with Crippen LogP contribution in [-0.2, 0) is 16.0 Å². The van der Waals surface area contributed by atoms with E-state index in [0.29, 0.717) is 18.1 Å². The minimum Gasteiger partial charge on any atom is -0.480 e. The number of carboxylic acid groups (broad SMARTS) is 1. The third-order valence-corrected chi connectivity index (χ3v) is 3.69. The van der Waals surface area contributed by atoms with E-state index >= 15 is 0 Å². The predicted octanol–water partition coefficient (Wildman–Crippen LogP) is 2.90. The van der Waals surface area contributed by atoms with Gasteiger partial charge in [-0.05, 0) is 20.8 Å². The number of aryl methyl sites for hydroxylation is 2. The van der Waals surface area contributed by atoms with E-state index in [1.807, 2.05) is 31.2 Å². The maximum atomic E-state index is 12.2. The fraction of sp³-hybridized carbons (Fsp3) is 0.389. The molecule has 2 aromatic rings. The highest BCUT2D eigenvalue weighted by atomic mass is 16.4. The second-order valence-electron chi connectivity index (χ2n) is 5.99. The van der Waals surface area contributed by atoms with Gasteiger partial charge in [0.1, 0.15) is 6.54 Å². The first kappa shape index (κ1) is 17.7. The number of aromatic nitrogens is 1. The van der Waals surface area contributed by atoms with Gasteiger partial charge in [0.25, 0.3) is 0 Å². The molecule has 128 valence electrons. The van der Waals surface area contributed by atoms with Gasteiger partial charge in [-0.15, -0.1) is 0 Å². The third-order valence-electron chi connectivity index (χ3n) is 3.69. The second kappa shape index (κ2) is 7.77. The van der Waals surface area contributed by atoms with Crippen LogP contribution in [0, 0.1) is 6.92 Å². The maximum Gasteiger partial charge on any atom is 0.323 e. The highest BCUT2D eigenvalue weighted by molar-refractivity contribution is 5.81. The van der Waals surface area contributed by atoms with E-state index in [1.165, 1.54) is 4.90 Å². The number of rotatable bonds is 7. The number of benzene rings is 1. The van der Waals surface area contributed by atoms with Crippen molar-refractivity contribution in [2.75, 3.05) is 6.54 Å². The van der Waals surface area contributed by atoms with Crippen LogP contribution >= 0.6 is 0 Å². The molecule has 2 rings (SSSR count). The van der Waals surface area contributed by atoms with Gasteiger partial charge in [-0.3, -0.25) is 9.59 Å². The molecule has 1 aromatic heterocycles. The molecule has 6 nitrogen and oxygen atoms in total. The van der Waals surface area contributed by atoms with Crippen LogP contribution in [0.15, 0.2) is 34.9 Å². The van der Waals surface area contributed by atoms with Gasteiger partial charge in [-0.2, -0.15) is 0 Å². The largest absolute Gasteiger partial charge is 0.480 e. The Bertz CT molecular complexity index is 704.